The fraction of sp³-hybridized carbons (Fsp3) is 0.611. The molecule has 1 fully saturated rings. The van der Waals surface area contributed by atoms with Crippen molar-refractivity contribution in [1.29, 1.82) is 0 Å². The molecule has 1 aliphatic rings. The molecule has 1 aromatic rings. The van der Waals surface area contributed by atoms with Crippen LogP contribution in [0.5, 0.6) is 0 Å². The highest BCUT2D eigenvalue weighted by atomic mass is 16.2. The lowest BCUT2D eigenvalue weighted by molar-refractivity contribution is -0.127. The number of benzene rings is 1. The maximum atomic E-state index is 11.7. The van der Waals surface area contributed by atoms with E-state index in [0.717, 1.165) is 17.4 Å². The summed E-state index contributed by atoms with van der Waals surface area (Å²) in [5.41, 5.74) is 2.24. The molecule has 0 heterocycles. The van der Waals surface area contributed by atoms with Gasteiger partial charge in [0, 0.05) is 25.8 Å². The van der Waals surface area contributed by atoms with E-state index in [2.05, 4.69) is 43.4 Å². The van der Waals surface area contributed by atoms with E-state index in [-0.39, 0.29) is 5.91 Å². The van der Waals surface area contributed by atoms with Crippen molar-refractivity contribution in [3.63, 3.8) is 0 Å². The van der Waals surface area contributed by atoms with Crippen LogP contribution in [0.15, 0.2) is 24.3 Å². The number of anilines is 1. The summed E-state index contributed by atoms with van der Waals surface area (Å²) in [6.45, 7) is 4.69. The third-order valence-corrected chi connectivity index (χ3v) is 4.69. The van der Waals surface area contributed by atoms with Crippen LogP contribution in [0.4, 0.5) is 5.69 Å². The molecule has 1 aromatic carbocycles. The Morgan fingerprint density at radius 2 is 1.71 bits per heavy atom. The first-order valence-electron chi connectivity index (χ1n) is 8.03. The largest absolute Gasteiger partial charge is 0.382 e. The second-order valence-electron chi connectivity index (χ2n) is 6.72. The topological polar surface area (TPSA) is 32.3 Å². The van der Waals surface area contributed by atoms with E-state index in [1.807, 2.05) is 0 Å². The quantitative estimate of drug-likeness (QED) is 0.919. The molecular weight excluding hydrogens is 260 g/mol. The number of hydrogen-bond acceptors (Lipinski definition) is 2. The Balaban J connectivity index is 1.97. The standard InChI is InChI=1S/C18H28N2O/c1-13-6-5-7-14(2)18(13)19-16-10-8-15(9-11-16)12-17(21)20(3)4/h8-11,13-14,18-19H,5-7,12H2,1-4H3. The van der Waals surface area contributed by atoms with E-state index in [1.54, 1.807) is 19.0 Å². The van der Waals surface area contributed by atoms with Crippen molar-refractivity contribution in [3.05, 3.63) is 29.8 Å². The Labute approximate surface area is 128 Å². The summed E-state index contributed by atoms with van der Waals surface area (Å²) < 4.78 is 0. The summed E-state index contributed by atoms with van der Waals surface area (Å²) in [5, 5.41) is 3.69. The Hall–Kier alpha value is -1.51. The zero-order valence-corrected chi connectivity index (χ0v) is 13.7. The van der Waals surface area contributed by atoms with Crippen LogP contribution in [-0.4, -0.2) is 30.9 Å². The highest BCUT2D eigenvalue weighted by molar-refractivity contribution is 5.78. The molecule has 3 nitrogen and oxygen atoms in total. The SMILES string of the molecule is CC1CCCC(C)C1Nc1ccc(CC(=O)N(C)C)cc1. The van der Waals surface area contributed by atoms with E-state index in [0.29, 0.717) is 12.5 Å². The molecule has 3 heteroatoms. The van der Waals surface area contributed by atoms with Crippen molar-refractivity contribution in [3.8, 4) is 0 Å². The van der Waals surface area contributed by atoms with Gasteiger partial charge in [0.05, 0.1) is 6.42 Å². The van der Waals surface area contributed by atoms with Crippen LogP contribution in [-0.2, 0) is 11.2 Å². The summed E-state index contributed by atoms with van der Waals surface area (Å²) in [6.07, 6.45) is 4.46. The minimum Gasteiger partial charge on any atom is -0.382 e. The molecule has 1 amide bonds. The number of carbonyl (C=O) groups excluding carboxylic acids is 1. The minimum absolute atomic E-state index is 0.144. The average Bonchev–Trinajstić information content (AvgIpc) is 2.44. The highest BCUT2D eigenvalue weighted by Crippen LogP contribution is 2.31. The predicted octanol–water partition coefficient (Wildman–Crippen LogP) is 3.55. The molecule has 116 valence electrons. The van der Waals surface area contributed by atoms with E-state index in [1.165, 1.54) is 24.9 Å². The lowest BCUT2D eigenvalue weighted by Crippen LogP contribution is -2.37. The zero-order chi connectivity index (χ0) is 15.4. The summed E-state index contributed by atoms with van der Waals surface area (Å²) in [4.78, 5) is 13.3. The first-order chi connectivity index (χ1) is 9.97. The molecule has 0 aliphatic heterocycles. The van der Waals surface area contributed by atoms with Crippen molar-refractivity contribution < 1.29 is 4.79 Å². The molecule has 1 N–H and O–H groups in total. The molecule has 0 radical (unpaired) electrons. The van der Waals surface area contributed by atoms with Crippen LogP contribution in [0.3, 0.4) is 0 Å². The number of nitrogens with zero attached hydrogens (tertiary/aromatic N) is 1. The van der Waals surface area contributed by atoms with Crippen LogP contribution in [0, 0.1) is 11.8 Å². The number of amides is 1. The van der Waals surface area contributed by atoms with Gasteiger partial charge in [-0.2, -0.15) is 0 Å². The summed E-state index contributed by atoms with van der Waals surface area (Å²) >= 11 is 0. The van der Waals surface area contributed by atoms with Gasteiger partial charge in [0.1, 0.15) is 0 Å². The number of hydrogen-bond donors (Lipinski definition) is 1. The van der Waals surface area contributed by atoms with Crippen molar-refractivity contribution in [2.45, 2.75) is 45.6 Å². The van der Waals surface area contributed by atoms with Crippen molar-refractivity contribution >= 4 is 11.6 Å². The molecule has 0 saturated heterocycles. The summed E-state index contributed by atoms with van der Waals surface area (Å²) in [6, 6.07) is 8.88. The fourth-order valence-electron chi connectivity index (χ4n) is 3.21. The highest BCUT2D eigenvalue weighted by Gasteiger charge is 2.27. The Kier molecular flexibility index (Phi) is 5.27. The van der Waals surface area contributed by atoms with Crippen molar-refractivity contribution in [2.24, 2.45) is 11.8 Å². The average molecular weight is 288 g/mol. The van der Waals surface area contributed by atoms with Gasteiger partial charge in [0.15, 0.2) is 0 Å². The number of nitrogens with one attached hydrogen (secondary N) is 1. The van der Waals surface area contributed by atoms with Crippen molar-refractivity contribution in [2.75, 3.05) is 19.4 Å². The number of likely N-dealkylation sites (N-methyl/N-ethyl adjacent to an activating group) is 1. The van der Waals surface area contributed by atoms with Gasteiger partial charge in [-0.05, 0) is 42.4 Å². The molecule has 1 aliphatic carbocycles. The molecule has 0 bridgehead atoms. The summed E-state index contributed by atoms with van der Waals surface area (Å²) in [5.74, 6) is 1.60. The first-order valence-corrected chi connectivity index (χ1v) is 8.03. The zero-order valence-electron chi connectivity index (χ0n) is 13.7. The van der Waals surface area contributed by atoms with E-state index in [4.69, 9.17) is 0 Å². The van der Waals surface area contributed by atoms with Gasteiger partial charge in [-0.25, -0.2) is 0 Å². The van der Waals surface area contributed by atoms with Crippen LogP contribution in [0.25, 0.3) is 0 Å². The number of rotatable bonds is 4. The molecule has 2 unspecified atom stereocenters. The maximum absolute atomic E-state index is 11.7. The molecule has 1 saturated carbocycles. The van der Waals surface area contributed by atoms with Crippen LogP contribution in [0.2, 0.25) is 0 Å². The number of carbonyl (C=O) groups is 1. The van der Waals surface area contributed by atoms with Gasteiger partial charge in [0.2, 0.25) is 5.91 Å². The van der Waals surface area contributed by atoms with Gasteiger partial charge < -0.3 is 10.2 Å². The molecular formula is C18H28N2O. The van der Waals surface area contributed by atoms with Crippen LogP contribution >= 0.6 is 0 Å². The minimum atomic E-state index is 0.144. The third kappa shape index (κ3) is 4.23. The normalized spacial score (nSPS) is 25.4. The van der Waals surface area contributed by atoms with Crippen molar-refractivity contribution in [1.82, 2.24) is 4.90 Å². The van der Waals surface area contributed by atoms with Gasteiger partial charge in [-0.15, -0.1) is 0 Å². The second-order valence-corrected chi connectivity index (χ2v) is 6.72. The molecule has 2 rings (SSSR count). The van der Waals surface area contributed by atoms with Crippen LogP contribution in [0.1, 0.15) is 38.7 Å². The fourth-order valence-corrected chi connectivity index (χ4v) is 3.21. The molecule has 2 atom stereocenters. The van der Waals surface area contributed by atoms with Crippen LogP contribution < -0.4 is 5.32 Å². The Morgan fingerprint density at radius 3 is 2.24 bits per heavy atom. The molecule has 0 spiro atoms. The molecule has 21 heavy (non-hydrogen) atoms. The van der Waals surface area contributed by atoms with Gasteiger partial charge in [-0.1, -0.05) is 32.4 Å². The monoisotopic (exact) mass is 288 g/mol. The lowest BCUT2D eigenvalue weighted by atomic mass is 9.78. The van der Waals surface area contributed by atoms with E-state index < -0.39 is 0 Å². The maximum Gasteiger partial charge on any atom is 0.226 e. The van der Waals surface area contributed by atoms with Gasteiger partial charge in [0.25, 0.3) is 0 Å². The first kappa shape index (κ1) is 15.9. The van der Waals surface area contributed by atoms with Gasteiger partial charge in [-0.3, -0.25) is 4.79 Å². The Morgan fingerprint density at radius 1 is 1.14 bits per heavy atom. The van der Waals surface area contributed by atoms with E-state index >= 15 is 0 Å². The molecule has 0 aromatic heterocycles. The smallest absolute Gasteiger partial charge is 0.226 e. The van der Waals surface area contributed by atoms with E-state index in [9.17, 15) is 4.79 Å². The second kappa shape index (κ2) is 6.97. The summed E-state index contributed by atoms with van der Waals surface area (Å²) in [7, 11) is 3.59. The van der Waals surface area contributed by atoms with Gasteiger partial charge >= 0.3 is 0 Å². The Bertz CT molecular complexity index is 457. The third-order valence-electron chi connectivity index (χ3n) is 4.69. The lowest BCUT2D eigenvalue weighted by Gasteiger charge is -2.36. The predicted molar refractivity (Wildman–Crippen MR) is 88.4 cm³/mol.